The van der Waals surface area contributed by atoms with E-state index in [1.165, 1.54) is 17.5 Å². The summed E-state index contributed by atoms with van der Waals surface area (Å²) in [7, 11) is 1.72. The number of rotatable bonds is 5. The number of hydrogen-bond donors (Lipinski definition) is 2. The lowest BCUT2D eigenvalue weighted by molar-refractivity contribution is 0.398. The van der Waals surface area contributed by atoms with Gasteiger partial charge in [-0.25, -0.2) is 0 Å². The average Bonchev–Trinajstić information content (AvgIpc) is 3.03. The highest BCUT2D eigenvalue weighted by Crippen LogP contribution is 2.41. The number of aryl methyl sites for hydroxylation is 1. The number of benzene rings is 1. The highest BCUT2D eigenvalue weighted by molar-refractivity contribution is 5.37. The number of ether oxygens (including phenoxy) is 1. The maximum absolute atomic E-state index is 5.66. The Balaban J connectivity index is 2.13. The smallest absolute Gasteiger partial charge is 0.122 e. The molecule has 94 valence electrons. The molecule has 0 aliphatic heterocycles. The van der Waals surface area contributed by atoms with Crippen molar-refractivity contribution in [3.8, 4) is 5.75 Å². The molecule has 1 fully saturated rings. The number of methoxy groups -OCH3 is 1. The molecular formula is C14H22N2O. The van der Waals surface area contributed by atoms with Crippen molar-refractivity contribution in [2.24, 2.45) is 17.7 Å². The SMILES string of the molecule is COc1ccc(C)cc1CC(NN)C1CC1C. The summed E-state index contributed by atoms with van der Waals surface area (Å²) in [6.45, 7) is 4.38. The molecule has 0 aromatic heterocycles. The van der Waals surface area contributed by atoms with Gasteiger partial charge in [-0.15, -0.1) is 0 Å². The first kappa shape index (κ1) is 12.4. The van der Waals surface area contributed by atoms with E-state index in [-0.39, 0.29) is 0 Å². The standard InChI is InChI=1S/C14H22N2O/c1-9-4-5-14(17-3)11(6-9)8-13(16-15)12-7-10(12)2/h4-6,10,12-13,16H,7-8,15H2,1-3H3. The molecule has 0 radical (unpaired) electrons. The zero-order chi connectivity index (χ0) is 12.4. The lowest BCUT2D eigenvalue weighted by atomic mass is 9.99. The van der Waals surface area contributed by atoms with Gasteiger partial charge in [0.1, 0.15) is 5.75 Å². The largest absolute Gasteiger partial charge is 0.496 e. The molecule has 3 N–H and O–H groups in total. The van der Waals surface area contributed by atoms with Crippen LogP contribution in [-0.2, 0) is 6.42 Å². The van der Waals surface area contributed by atoms with Crippen LogP contribution in [0.4, 0.5) is 0 Å². The average molecular weight is 234 g/mol. The van der Waals surface area contributed by atoms with Gasteiger partial charge in [-0.05, 0) is 43.2 Å². The Bertz CT molecular complexity index is 392. The molecule has 1 aliphatic rings. The minimum atomic E-state index is 0.362. The molecule has 3 nitrogen and oxygen atoms in total. The van der Waals surface area contributed by atoms with Gasteiger partial charge in [0, 0.05) is 6.04 Å². The summed E-state index contributed by atoms with van der Waals surface area (Å²) < 4.78 is 5.40. The fourth-order valence-corrected chi connectivity index (χ4v) is 2.55. The van der Waals surface area contributed by atoms with Gasteiger partial charge < -0.3 is 4.74 Å². The van der Waals surface area contributed by atoms with E-state index in [0.29, 0.717) is 12.0 Å². The fourth-order valence-electron chi connectivity index (χ4n) is 2.55. The highest BCUT2D eigenvalue weighted by Gasteiger charge is 2.39. The Morgan fingerprint density at radius 3 is 2.76 bits per heavy atom. The van der Waals surface area contributed by atoms with Gasteiger partial charge in [-0.3, -0.25) is 11.3 Å². The third-order valence-corrected chi connectivity index (χ3v) is 3.78. The topological polar surface area (TPSA) is 47.3 Å². The van der Waals surface area contributed by atoms with Crippen LogP contribution in [0.2, 0.25) is 0 Å². The number of hydrazine groups is 1. The second kappa shape index (κ2) is 5.07. The molecule has 3 unspecified atom stereocenters. The van der Waals surface area contributed by atoms with Crippen molar-refractivity contribution in [1.29, 1.82) is 0 Å². The predicted octanol–water partition coefficient (Wildman–Crippen LogP) is 2.03. The summed E-state index contributed by atoms with van der Waals surface area (Å²) in [5.41, 5.74) is 5.47. The van der Waals surface area contributed by atoms with Gasteiger partial charge in [-0.2, -0.15) is 0 Å². The molecule has 0 spiro atoms. The van der Waals surface area contributed by atoms with Crippen molar-refractivity contribution in [3.05, 3.63) is 29.3 Å². The highest BCUT2D eigenvalue weighted by atomic mass is 16.5. The molecule has 3 atom stereocenters. The maximum atomic E-state index is 5.66. The van der Waals surface area contributed by atoms with Crippen LogP contribution in [0.5, 0.6) is 5.75 Å². The zero-order valence-electron chi connectivity index (χ0n) is 10.9. The number of hydrogen-bond acceptors (Lipinski definition) is 3. The summed E-state index contributed by atoms with van der Waals surface area (Å²) in [5.74, 6) is 8.14. The lowest BCUT2D eigenvalue weighted by Crippen LogP contribution is -2.39. The number of nitrogens with two attached hydrogens (primary N) is 1. The van der Waals surface area contributed by atoms with E-state index in [9.17, 15) is 0 Å². The number of nitrogens with one attached hydrogen (secondary N) is 1. The monoisotopic (exact) mass is 234 g/mol. The molecule has 0 amide bonds. The molecule has 1 aromatic rings. The second-order valence-corrected chi connectivity index (χ2v) is 5.17. The van der Waals surface area contributed by atoms with Crippen molar-refractivity contribution >= 4 is 0 Å². The van der Waals surface area contributed by atoms with Gasteiger partial charge in [-0.1, -0.05) is 24.6 Å². The van der Waals surface area contributed by atoms with Crippen molar-refractivity contribution in [2.75, 3.05) is 7.11 Å². The minimum absolute atomic E-state index is 0.362. The van der Waals surface area contributed by atoms with Gasteiger partial charge in [0.25, 0.3) is 0 Å². The van der Waals surface area contributed by atoms with Crippen molar-refractivity contribution in [1.82, 2.24) is 5.43 Å². The Labute approximate surface area is 103 Å². The summed E-state index contributed by atoms with van der Waals surface area (Å²) in [6, 6.07) is 6.67. The van der Waals surface area contributed by atoms with Crippen LogP contribution < -0.4 is 16.0 Å². The molecule has 1 saturated carbocycles. The summed E-state index contributed by atoms with van der Waals surface area (Å²) in [5, 5.41) is 0. The Morgan fingerprint density at radius 1 is 1.53 bits per heavy atom. The van der Waals surface area contributed by atoms with Crippen LogP contribution in [0.15, 0.2) is 18.2 Å². The second-order valence-electron chi connectivity index (χ2n) is 5.17. The third kappa shape index (κ3) is 2.79. The molecule has 0 bridgehead atoms. The summed E-state index contributed by atoms with van der Waals surface area (Å²) >= 11 is 0. The van der Waals surface area contributed by atoms with Crippen molar-refractivity contribution in [2.45, 2.75) is 32.7 Å². The van der Waals surface area contributed by atoms with E-state index in [4.69, 9.17) is 10.6 Å². The zero-order valence-corrected chi connectivity index (χ0v) is 10.9. The minimum Gasteiger partial charge on any atom is -0.496 e. The molecule has 17 heavy (non-hydrogen) atoms. The molecular weight excluding hydrogens is 212 g/mol. The van der Waals surface area contributed by atoms with E-state index in [1.54, 1.807) is 7.11 Å². The molecule has 3 heteroatoms. The fraction of sp³-hybridized carbons (Fsp3) is 0.571. The van der Waals surface area contributed by atoms with Crippen LogP contribution in [-0.4, -0.2) is 13.2 Å². The van der Waals surface area contributed by atoms with E-state index < -0.39 is 0 Å². The molecule has 2 rings (SSSR count). The van der Waals surface area contributed by atoms with E-state index in [0.717, 1.165) is 18.1 Å². The van der Waals surface area contributed by atoms with Crippen LogP contribution >= 0.6 is 0 Å². The lowest BCUT2D eigenvalue weighted by Gasteiger charge is -2.18. The van der Waals surface area contributed by atoms with Crippen molar-refractivity contribution < 1.29 is 4.74 Å². The van der Waals surface area contributed by atoms with E-state index in [1.807, 2.05) is 6.07 Å². The Hall–Kier alpha value is -1.06. The molecule has 1 aromatic carbocycles. The summed E-state index contributed by atoms with van der Waals surface area (Å²) in [6.07, 6.45) is 2.22. The predicted molar refractivity (Wildman–Crippen MR) is 69.8 cm³/mol. The third-order valence-electron chi connectivity index (χ3n) is 3.78. The molecule has 0 heterocycles. The van der Waals surface area contributed by atoms with Crippen LogP contribution in [0, 0.1) is 18.8 Å². The van der Waals surface area contributed by atoms with Crippen LogP contribution in [0.1, 0.15) is 24.5 Å². The Kier molecular flexibility index (Phi) is 3.69. The van der Waals surface area contributed by atoms with Crippen molar-refractivity contribution in [3.63, 3.8) is 0 Å². The first-order chi connectivity index (χ1) is 8.15. The first-order valence-corrected chi connectivity index (χ1v) is 6.25. The molecule has 0 saturated heterocycles. The van der Waals surface area contributed by atoms with Gasteiger partial charge in [0.05, 0.1) is 7.11 Å². The first-order valence-electron chi connectivity index (χ1n) is 6.25. The normalized spacial score (nSPS) is 24.5. The van der Waals surface area contributed by atoms with E-state index in [2.05, 4.69) is 31.4 Å². The van der Waals surface area contributed by atoms with Crippen LogP contribution in [0.3, 0.4) is 0 Å². The maximum Gasteiger partial charge on any atom is 0.122 e. The van der Waals surface area contributed by atoms with Crippen LogP contribution in [0.25, 0.3) is 0 Å². The van der Waals surface area contributed by atoms with Gasteiger partial charge in [0.2, 0.25) is 0 Å². The van der Waals surface area contributed by atoms with E-state index >= 15 is 0 Å². The summed E-state index contributed by atoms with van der Waals surface area (Å²) in [4.78, 5) is 0. The molecule has 1 aliphatic carbocycles. The van der Waals surface area contributed by atoms with Gasteiger partial charge >= 0.3 is 0 Å². The Morgan fingerprint density at radius 2 is 2.24 bits per heavy atom. The van der Waals surface area contributed by atoms with Gasteiger partial charge in [0.15, 0.2) is 0 Å². The quantitative estimate of drug-likeness (QED) is 0.605.